The van der Waals surface area contributed by atoms with E-state index >= 15 is 0 Å². The zero-order chi connectivity index (χ0) is 17.3. The number of imide groups is 1. The maximum absolute atomic E-state index is 12.5. The van der Waals surface area contributed by atoms with E-state index in [1.54, 1.807) is 49.4 Å². The van der Waals surface area contributed by atoms with Crippen molar-refractivity contribution in [1.82, 2.24) is 0 Å². The molecule has 0 atom stereocenters. The van der Waals surface area contributed by atoms with Crippen LogP contribution in [0.4, 0.5) is 16.2 Å². The first kappa shape index (κ1) is 15.9. The molecule has 3 rings (SSSR count). The monoisotopic (exact) mass is 340 g/mol. The van der Waals surface area contributed by atoms with Crippen LogP contribution >= 0.6 is 11.8 Å². The van der Waals surface area contributed by atoms with Crippen molar-refractivity contribution in [3.8, 4) is 0 Å². The highest BCUT2D eigenvalue weighted by Gasteiger charge is 2.36. The van der Waals surface area contributed by atoms with Gasteiger partial charge in [-0.15, -0.1) is 0 Å². The van der Waals surface area contributed by atoms with Crippen LogP contribution in [-0.2, 0) is 4.79 Å². The number of rotatable bonds is 3. The van der Waals surface area contributed by atoms with Crippen LogP contribution in [0.25, 0.3) is 6.08 Å². The Morgan fingerprint density at radius 3 is 2.50 bits per heavy atom. The van der Waals surface area contributed by atoms with Crippen LogP contribution in [0.2, 0.25) is 0 Å². The summed E-state index contributed by atoms with van der Waals surface area (Å²) < 4.78 is 0. The highest BCUT2D eigenvalue weighted by Crippen LogP contribution is 2.36. The molecule has 0 spiro atoms. The molecule has 0 unspecified atom stereocenters. The molecule has 0 aromatic heterocycles. The van der Waals surface area contributed by atoms with Crippen molar-refractivity contribution >= 4 is 40.4 Å². The molecule has 2 amide bonds. The fraction of sp³-hybridized carbons (Fsp3) is 0.0588. The smallest absolute Gasteiger partial charge is 0.268 e. The molecule has 120 valence electrons. The summed E-state index contributed by atoms with van der Waals surface area (Å²) in [7, 11) is 0. The molecule has 6 nitrogen and oxygen atoms in total. The molecule has 1 heterocycles. The number of nitrogens with zero attached hydrogens (tertiary/aromatic N) is 2. The molecular weight excluding hydrogens is 328 g/mol. The van der Waals surface area contributed by atoms with Crippen LogP contribution in [0, 0.1) is 17.0 Å². The van der Waals surface area contributed by atoms with E-state index in [-0.39, 0.29) is 15.8 Å². The van der Waals surface area contributed by atoms with Gasteiger partial charge in [-0.2, -0.15) is 0 Å². The molecule has 1 aliphatic rings. The lowest BCUT2D eigenvalue weighted by atomic mass is 10.1. The van der Waals surface area contributed by atoms with Crippen molar-refractivity contribution in [2.75, 3.05) is 4.90 Å². The Morgan fingerprint density at radius 1 is 1.12 bits per heavy atom. The minimum atomic E-state index is -0.470. The topological polar surface area (TPSA) is 80.5 Å². The number of para-hydroxylation sites is 1. The summed E-state index contributed by atoms with van der Waals surface area (Å²) >= 11 is 0.819. The van der Waals surface area contributed by atoms with Crippen molar-refractivity contribution < 1.29 is 14.5 Å². The second kappa shape index (κ2) is 6.29. The maximum atomic E-state index is 12.5. The van der Waals surface area contributed by atoms with Gasteiger partial charge in [-0.3, -0.25) is 19.7 Å². The van der Waals surface area contributed by atoms with E-state index in [1.807, 2.05) is 0 Å². The van der Waals surface area contributed by atoms with Gasteiger partial charge in [-0.1, -0.05) is 30.3 Å². The summed E-state index contributed by atoms with van der Waals surface area (Å²) in [6.45, 7) is 1.64. The van der Waals surface area contributed by atoms with Crippen molar-refractivity contribution in [1.29, 1.82) is 0 Å². The third kappa shape index (κ3) is 2.93. The lowest BCUT2D eigenvalue weighted by molar-refractivity contribution is -0.385. The van der Waals surface area contributed by atoms with Crippen LogP contribution < -0.4 is 4.90 Å². The van der Waals surface area contributed by atoms with E-state index in [4.69, 9.17) is 0 Å². The summed E-state index contributed by atoms with van der Waals surface area (Å²) in [6.07, 6.45) is 1.50. The number of thioether (sulfide) groups is 1. The van der Waals surface area contributed by atoms with Crippen molar-refractivity contribution in [2.45, 2.75) is 6.92 Å². The highest BCUT2D eigenvalue weighted by atomic mass is 32.2. The Kier molecular flexibility index (Phi) is 4.18. The standard InChI is InChI=1S/C17H12N2O4S/c1-11-7-8-12(9-14(11)19(22)23)10-15-16(20)18(17(21)24-15)13-5-3-2-4-6-13/h2-10H,1H3/b15-10+. The molecule has 2 aromatic rings. The average molecular weight is 340 g/mol. The fourth-order valence-electron chi connectivity index (χ4n) is 2.33. The molecule has 24 heavy (non-hydrogen) atoms. The molecule has 1 saturated heterocycles. The van der Waals surface area contributed by atoms with Gasteiger partial charge in [-0.25, -0.2) is 4.90 Å². The summed E-state index contributed by atoms with van der Waals surface area (Å²) in [4.78, 5) is 36.5. The first-order chi connectivity index (χ1) is 11.5. The number of carbonyl (C=O) groups excluding carboxylic acids is 2. The van der Waals surface area contributed by atoms with Crippen molar-refractivity contribution in [3.05, 3.63) is 74.7 Å². The second-order valence-corrected chi connectivity index (χ2v) is 6.15. The van der Waals surface area contributed by atoms with Crippen LogP contribution in [0.5, 0.6) is 0 Å². The molecule has 0 saturated carbocycles. The average Bonchev–Trinajstić information content (AvgIpc) is 2.83. The summed E-state index contributed by atoms with van der Waals surface area (Å²) in [5.74, 6) is -0.431. The third-order valence-electron chi connectivity index (χ3n) is 3.54. The molecule has 1 fully saturated rings. The molecule has 0 N–H and O–H groups in total. The molecular formula is C17H12N2O4S. The number of carbonyl (C=O) groups is 2. The predicted molar refractivity (Wildman–Crippen MR) is 92.7 cm³/mol. The van der Waals surface area contributed by atoms with Gasteiger partial charge >= 0.3 is 0 Å². The number of aryl methyl sites for hydroxylation is 1. The van der Waals surface area contributed by atoms with E-state index in [1.165, 1.54) is 12.1 Å². The summed E-state index contributed by atoms with van der Waals surface area (Å²) in [5, 5.41) is 10.6. The molecule has 1 aliphatic heterocycles. The lowest BCUT2D eigenvalue weighted by Crippen LogP contribution is -2.27. The Bertz CT molecular complexity index is 877. The van der Waals surface area contributed by atoms with Gasteiger partial charge < -0.3 is 0 Å². The molecule has 2 aromatic carbocycles. The van der Waals surface area contributed by atoms with E-state index in [0.29, 0.717) is 16.8 Å². The van der Waals surface area contributed by atoms with Crippen molar-refractivity contribution in [3.63, 3.8) is 0 Å². The van der Waals surface area contributed by atoms with E-state index in [2.05, 4.69) is 0 Å². The number of nitro benzene ring substituents is 1. The van der Waals surface area contributed by atoms with Gasteiger partial charge in [0.05, 0.1) is 15.5 Å². The van der Waals surface area contributed by atoms with Gasteiger partial charge in [0.1, 0.15) is 0 Å². The molecule has 0 aliphatic carbocycles. The first-order valence-corrected chi connectivity index (χ1v) is 7.87. The number of hydrogen-bond acceptors (Lipinski definition) is 5. The lowest BCUT2D eigenvalue weighted by Gasteiger charge is -2.11. The Labute approximate surface area is 141 Å². The zero-order valence-corrected chi connectivity index (χ0v) is 13.4. The van der Waals surface area contributed by atoms with Crippen LogP contribution in [0.15, 0.2) is 53.4 Å². The van der Waals surface area contributed by atoms with Gasteiger partial charge in [0, 0.05) is 11.6 Å². The SMILES string of the molecule is Cc1ccc(/C=C2/SC(=O)N(c3ccccc3)C2=O)cc1[N+](=O)[O-]. The van der Waals surface area contributed by atoms with Gasteiger partial charge in [-0.05, 0) is 42.5 Å². The molecule has 0 bridgehead atoms. The van der Waals surface area contributed by atoms with Crippen LogP contribution in [-0.4, -0.2) is 16.1 Å². The third-order valence-corrected chi connectivity index (χ3v) is 4.41. The highest BCUT2D eigenvalue weighted by molar-refractivity contribution is 8.19. The largest absolute Gasteiger partial charge is 0.298 e. The second-order valence-electron chi connectivity index (χ2n) is 5.16. The Balaban J connectivity index is 1.95. The maximum Gasteiger partial charge on any atom is 0.298 e. The van der Waals surface area contributed by atoms with Gasteiger partial charge in [0.2, 0.25) is 0 Å². The summed E-state index contributed by atoms with van der Waals surface area (Å²) in [5.41, 5.74) is 1.52. The number of amides is 2. The zero-order valence-electron chi connectivity index (χ0n) is 12.6. The molecule has 0 radical (unpaired) electrons. The van der Waals surface area contributed by atoms with Gasteiger partial charge in [0.15, 0.2) is 0 Å². The van der Waals surface area contributed by atoms with Crippen LogP contribution in [0.3, 0.4) is 0 Å². The minimum absolute atomic E-state index is 0.0222. The number of benzene rings is 2. The van der Waals surface area contributed by atoms with E-state index in [9.17, 15) is 19.7 Å². The Morgan fingerprint density at radius 2 is 1.83 bits per heavy atom. The van der Waals surface area contributed by atoms with E-state index in [0.717, 1.165) is 16.7 Å². The quantitative estimate of drug-likeness (QED) is 0.476. The Hall–Kier alpha value is -2.93. The minimum Gasteiger partial charge on any atom is -0.268 e. The summed E-state index contributed by atoms with van der Waals surface area (Å²) in [6, 6.07) is 13.3. The number of anilines is 1. The van der Waals surface area contributed by atoms with E-state index < -0.39 is 10.8 Å². The van der Waals surface area contributed by atoms with Crippen LogP contribution in [0.1, 0.15) is 11.1 Å². The number of hydrogen-bond donors (Lipinski definition) is 0. The fourth-order valence-corrected chi connectivity index (χ4v) is 3.17. The predicted octanol–water partition coefficient (Wildman–Crippen LogP) is 4.14. The molecule has 7 heteroatoms. The number of nitro groups is 1. The normalized spacial score (nSPS) is 16.0. The first-order valence-electron chi connectivity index (χ1n) is 7.05. The van der Waals surface area contributed by atoms with Gasteiger partial charge in [0.25, 0.3) is 16.8 Å². The van der Waals surface area contributed by atoms with Crippen molar-refractivity contribution in [2.24, 2.45) is 0 Å².